The van der Waals surface area contributed by atoms with Crippen LogP contribution in [0.2, 0.25) is 5.02 Å². The first-order valence-electron chi connectivity index (χ1n) is 12.0. The van der Waals surface area contributed by atoms with Crippen molar-refractivity contribution in [1.29, 1.82) is 0 Å². The number of ketones is 1. The van der Waals surface area contributed by atoms with Crippen LogP contribution in [0.5, 0.6) is 0 Å². The summed E-state index contributed by atoms with van der Waals surface area (Å²) in [5, 5.41) is 6.57. The monoisotopic (exact) mass is 561 g/mol. The van der Waals surface area contributed by atoms with Crippen molar-refractivity contribution in [2.24, 2.45) is 5.92 Å². The standard InChI is InChI=1S/C28H21BrClN3O3/c29-16-9-7-15(8-10-16)23(34)24-27(18-4-1-2-5-20(18)31-25(27)35)22-6-3-13-33(22)28(24)19-14-17(30)11-12-21(19)32-26(28)36/h1-2,4-5,7-12,14,22,24H,3,6,13H2,(H,31,35)(H,32,36)/t22-,24-,27+,28-/m1/s1. The molecule has 0 radical (unpaired) electrons. The van der Waals surface area contributed by atoms with Gasteiger partial charge in [-0.1, -0.05) is 57.9 Å². The van der Waals surface area contributed by atoms with Crippen LogP contribution < -0.4 is 10.6 Å². The molecule has 0 bridgehead atoms. The number of nitrogens with zero attached hydrogens (tertiary/aromatic N) is 1. The Balaban J connectivity index is 1.59. The minimum absolute atomic E-state index is 0.226. The number of hydrogen-bond donors (Lipinski definition) is 2. The molecule has 4 atom stereocenters. The lowest BCUT2D eigenvalue weighted by atomic mass is 9.60. The Bertz CT molecular complexity index is 1490. The lowest BCUT2D eigenvalue weighted by Crippen LogP contribution is -2.55. The van der Waals surface area contributed by atoms with Gasteiger partial charge in [0.1, 0.15) is 11.0 Å². The van der Waals surface area contributed by atoms with Crippen molar-refractivity contribution < 1.29 is 14.4 Å². The fourth-order valence-corrected chi connectivity index (χ4v) is 7.73. The van der Waals surface area contributed by atoms with E-state index in [4.69, 9.17) is 11.6 Å². The highest BCUT2D eigenvalue weighted by molar-refractivity contribution is 9.10. The maximum absolute atomic E-state index is 14.7. The van der Waals surface area contributed by atoms with Crippen LogP contribution in [-0.4, -0.2) is 35.1 Å². The number of para-hydroxylation sites is 1. The van der Waals surface area contributed by atoms with Crippen molar-refractivity contribution in [1.82, 2.24) is 4.90 Å². The molecule has 3 aromatic carbocycles. The highest BCUT2D eigenvalue weighted by Gasteiger charge is 2.78. The summed E-state index contributed by atoms with van der Waals surface area (Å²) in [4.78, 5) is 45.1. The topological polar surface area (TPSA) is 78.5 Å². The zero-order valence-electron chi connectivity index (χ0n) is 19.1. The van der Waals surface area contributed by atoms with Crippen molar-refractivity contribution >= 4 is 56.5 Å². The average molecular weight is 563 g/mol. The molecule has 0 aromatic heterocycles. The minimum Gasteiger partial charge on any atom is -0.325 e. The van der Waals surface area contributed by atoms with E-state index in [9.17, 15) is 14.4 Å². The van der Waals surface area contributed by atoms with Crippen molar-refractivity contribution in [3.05, 3.63) is 92.9 Å². The molecule has 2 amide bonds. The summed E-state index contributed by atoms with van der Waals surface area (Å²) in [6.45, 7) is 0.603. The Kier molecular flexibility index (Phi) is 4.63. The SMILES string of the molecule is O=C(c1ccc(Br)cc1)[C@@H]1[C@@]2(C(=O)Nc3ccccc32)[C@H]2CCCN2[C@@]12C(=O)Nc1ccc(Cl)cc12. The quantitative estimate of drug-likeness (QED) is 0.425. The third-order valence-corrected chi connectivity index (χ3v) is 9.24. The predicted octanol–water partition coefficient (Wildman–Crippen LogP) is 5.12. The third-order valence-electron chi connectivity index (χ3n) is 8.48. The molecule has 0 saturated carbocycles. The molecule has 180 valence electrons. The largest absolute Gasteiger partial charge is 0.325 e. The molecule has 2 fully saturated rings. The third kappa shape index (κ3) is 2.53. The normalized spacial score (nSPS) is 29.8. The number of halogens is 2. The molecule has 2 spiro atoms. The highest BCUT2D eigenvalue weighted by Crippen LogP contribution is 2.66. The summed E-state index contributed by atoms with van der Waals surface area (Å²) in [7, 11) is 0. The van der Waals surface area contributed by atoms with Gasteiger partial charge in [0.25, 0.3) is 0 Å². The van der Waals surface area contributed by atoms with E-state index < -0.39 is 16.9 Å². The number of benzene rings is 3. The second kappa shape index (κ2) is 7.51. The summed E-state index contributed by atoms with van der Waals surface area (Å²) in [6, 6.07) is 19.7. The van der Waals surface area contributed by atoms with Gasteiger partial charge < -0.3 is 10.6 Å². The minimum atomic E-state index is -1.36. The van der Waals surface area contributed by atoms with Crippen molar-refractivity contribution in [3.8, 4) is 0 Å². The number of nitrogens with one attached hydrogen (secondary N) is 2. The lowest BCUT2D eigenvalue weighted by molar-refractivity contribution is -0.128. The smallest absolute Gasteiger partial charge is 0.250 e. The predicted molar refractivity (Wildman–Crippen MR) is 140 cm³/mol. The van der Waals surface area contributed by atoms with Gasteiger partial charge in [-0.25, -0.2) is 0 Å². The zero-order chi connectivity index (χ0) is 24.8. The number of hydrogen-bond acceptors (Lipinski definition) is 4. The van der Waals surface area contributed by atoms with E-state index in [1.54, 1.807) is 30.3 Å². The van der Waals surface area contributed by atoms with Gasteiger partial charge in [-0.05, 0) is 61.3 Å². The molecule has 2 N–H and O–H groups in total. The molecule has 7 rings (SSSR count). The Hall–Kier alpha value is -3.00. The number of anilines is 2. The second-order valence-electron chi connectivity index (χ2n) is 9.93. The zero-order valence-corrected chi connectivity index (χ0v) is 21.4. The summed E-state index contributed by atoms with van der Waals surface area (Å²) in [5.41, 5.74) is 0.651. The van der Waals surface area contributed by atoms with Gasteiger partial charge in [-0.2, -0.15) is 0 Å². The van der Waals surface area contributed by atoms with Gasteiger partial charge in [-0.3, -0.25) is 19.3 Å². The molecule has 2 saturated heterocycles. The van der Waals surface area contributed by atoms with Gasteiger partial charge in [0.05, 0.1) is 5.92 Å². The summed E-state index contributed by atoms with van der Waals surface area (Å²) < 4.78 is 0.843. The van der Waals surface area contributed by atoms with Gasteiger partial charge >= 0.3 is 0 Å². The highest BCUT2D eigenvalue weighted by atomic mass is 79.9. The number of Topliss-reactive ketones (excluding diaryl/α,β-unsaturated/α-hetero) is 1. The van der Waals surface area contributed by atoms with Crippen LogP contribution in [0.3, 0.4) is 0 Å². The van der Waals surface area contributed by atoms with E-state index in [1.807, 2.05) is 36.4 Å². The van der Waals surface area contributed by atoms with E-state index >= 15 is 0 Å². The first-order chi connectivity index (χ1) is 17.4. The number of fused-ring (bicyclic) bond motifs is 7. The molecule has 8 heteroatoms. The van der Waals surface area contributed by atoms with Crippen LogP contribution in [0.25, 0.3) is 0 Å². The van der Waals surface area contributed by atoms with E-state index in [0.717, 1.165) is 16.5 Å². The molecular weight excluding hydrogens is 542 g/mol. The summed E-state index contributed by atoms with van der Waals surface area (Å²) in [5.74, 6) is -1.72. The fraction of sp³-hybridized carbons (Fsp3) is 0.250. The Morgan fingerprint density at radius 2 is 1.67 bits per heavy atom. The Morgan fingerprint density at radius 1 is 0.944 bits per heavy atom. The molecule has 3 aromatic rings. The fourth-order valence-electron chi connectivity index (χ4n) is 7.30. The number of rotatable bonds is 2. The van der Waals surface area contributed by atoms with Gasteiger partial charge in [0.2, 0.25) is 11.8 Å². The van der Waals surface area contributed by atoms with Crippen LogP contribution in [-0.2, 0) is 20.5 Å². The van der Waals surface area contributed by atoms with Crippen molar-refractivity contribution in [2.75, 3.05) is 17.2 Å². The maximum Gasteiger partial charge on any atom is 0.250 e. The Morgan fingerprint density at radius 3 is 2.47 bits per heavy atom. The van der Waals surface area contributed by atoms with Crippen molar-refractivity contribution in [2.45, 2.75) is 29.8 Å². The van der Waals surface area contributed by atoms with Gasteiger partial charge in [0.15, 0.2) is 5.78 Å². The Labute approximate surface area is 221 Å². The number of carbonyl (C=O) groups excluding carboxylic acids is 3. The van der Waals surface area contributed by atoms with E-state index in [-0.39, 0.29) is 23.6 Å². The lowest BCUT2D eigenvalue weighted by Gasteiger charge is -2.38. The molecule has 0 aliphatic carbocycles. The molecule has 36 heavy (non-hydrogen) atoms. The summed E-state index contributed by atoms with van der Waals surface area (Å²) >= 11 is 9.92. The first-order valence-corrected chi connectivity index (χ1v) is 13.2. The van der Waals surface area contributed by atoms with E-state index in [2.05, 4.69) is 31.5 Å². The number of amides is 2. The van der Waals surface area contributed by atoms with E-state index in [1.165, 1.54) is 0 Å². The van der Waals surface area contributed by atoms with Crippen LogP contribution >= 0.6 is 27.5 Å². The molecule has 4 aliphatic rings. The van der Waals surface area contributed by atoms with Crippen molar-refractivity contribution in [3.63, 3.8) is 0 Å². The molecular formula is C28H21BrClN3O3. The molecule has 0 unspecified atom stereocenters. The molecule has 6 nitrogen and oxygen atoms in total. The van der Waals surface area contributed by atoms with Gasteiger partial charge in [0, 0.05) is 38.0 Å². The molecule has 4 aliphatic heterocycles. The van der Waals surface area contributed by atoms with Crippen LogP contribution in [0, 0.1) is 5.92 Å². The van der Waals surface area contributed by atoms with Crippen LogP contribution in [0.1, 0.15) is 34.3 Å². The maximum atomic E-state index is 14.7. The number of carbonyl (C=O) groups is 3. The van der Waals surface area contributed by atoms with Gasteiger partial charge in [-0.15, -0.1) is 0 Å². The average Bonchev–Trinajstić information content (AvgIpc) is 3.58. The summed E-state index contributed by atoms with van der Waals surface area (Å²) in [6.07, 6.45) is 1.53. The first kappa shape index (κ1) is 22.2. The van der Waals surface area contributed by atoms with Crippen LogP contribution in [0.15, 0.2) is 71.2 Å². The second-order valence-corrected chi connectivity index (χ2v) is 11.3. The van der Waals surface area contributed by atoms with E-state index in [0.29, 0.717) is 40.5 Å². The molecule has 4 heterocycles. The van der Waals surface area contributed by atoms with Crippen LogP contribution in [0.4, 0.5) is 11.4 Å².